The zero-order chi connectivity index (χ0) is 17.3. The molecule has 26 heavy (non-hydrogen) atoms. The topological polar surface area (TPSA) is 59.0 Å². The number of nitrogens with zero attached hydrogens (tertiary/aromatic N) is 1. The average Bonchev–Trinajstić information content (AvgIpc) is 2.96. The van der Waals surface area contributed by atoms with Crippen molar-refractivity contribution in [3.63, 3.8) is 0 Å². The standard InChI is InChI=1S/C20H23NO4.ClH/c1-3-16(23)24-15-7-5-12-13-10-11-4-6-14(22)18-17(11)20(12,19(15)25-18)8-9-21(13)2;/h4-7,12-13,15,19,22H,3,8-10H2,1-2H3;1H/t12-,13+,15-,19-,20-;/m0./s1. The first kappa shape index (κ1) is 17.7. The van der Waals surface area contributed by atoms with Crippen LogP contribution in [0.25, 0.3) is 0 Å². The molecule has 1 aromatic rings. The molecule has 1 aromatic carbocycles. The second-order valence-corrected chi connectivity index (χ2v) is 7.75. The fraction of sp³-hybridized carbons (Fsp3) is 0.550. The maximum atomic E-state index is 11.9. The lowest BCUT2D eigenvalue weighted by Crippen LogP contribution is -2.65. The van der Waals surface area contributed by atoms with Gasteiger partial charge in [0, 0.05) is 29.4 Å². The van der Waals surface area contributed by atoms with E-state index in [9.17, 15) is 9.90 Å². The summed E-state index contributed by atoms with van der Waals surface area (Å²) in [5.74, 6) is 0.910. The van der Waals surface area contributed by atoms with Crippen molar-refractivity contribution >= 4 is 18.4 Å². The molecule has 140 valence electrons. The van der Waals surface area contributed by atoms with E-state index in [4.69, 9.17) is 9.47 Å². The van der Waals surface area contributed by atoms with Crippen molar-refractivity contribution in [2.24, 2.45) is 5.92 Å². The number of phenols is 1. The molecular formula is C20H24ClNO4. The zero-order valence-electron chi connectivity index (χ0n) is 15.0. The number of piperidine rings is 1. The van der Waals surface area contributed by atoms with Crippen LogP contribution in [0.15, 0.2) is 24.3 Å². The van der Waals surface area contributed by atoms with E-state index in [0.717, 1.165) is 24.9 Å². The van der Waals surface area contributed by atoms with Crippen molar-refractivity contribution in [2.75, 3.05) is 13.6 Å². The number of esters is 1. The molecule has 0 aromatic heterocycles. The van der Waals surface area contributed by atoms with E-state index in [0.29, 0.717) is 24.1 Å². The van der Waals surface area contributed by atoms with Crippen molar-refractivity contribution in [2.45, 2.75) is 49.9 Å². The number of phenolic OH excluding ortho intramolecular Hbond substituents is 1. The van der Waals surface area contributed by atoms with Gasteiger partial charge in [0.2, 0.25) is 0 Å². The van der Waals surface area contributed by atoms with Gasteiger partial charge in [-0.05, 0) is 44.1 Å². The van der Waals surface area contributed by atoms with Gasteiger partial charge in [-0.3, -0.25) is 4.79 Å². The number of aromatic hydroxyl groups is 1. The number of likely N-dealkylation sites (N-methyl/N-ethyl adjacent to an activating group) is 1. The Balaban J connectivity index is 0.00000168. The number of benzene rings is 1. The number of hydrogen-bond acceptors (Lipinski definition) is 5. The molecule has 5 rings (SSSR count). The lowest BCUT2D eigenvalue weighted by Gasteiger charge is -2.56. The molecule has 1 spiro atoms. The van der Waals surface area contributed by atoms with Gasteiger partial charge >= 0.3 is 5.97 Å². The number of hydrogen-bond donors (Lipinski definition) is 1. The van der Waals surface area contributed by atoms with E-state index in [2.05, 4.69) is 18.0 Å². The third-order valence-electron chi connectivity index (χ3n) is 6.69. The summed E-state index contributed by atoms with van der Waals surface area (Å²) in [6, 6.07) is 4.19. The van der Waals surface area contributed by atoms with Gasteiger partial charge in [-0.15, -0.1) is 12.4 Å². The lowest BCUT2D eigenvalue weighted by atomic mass is 9.53. The zero-order valence-corrected chi connectivity index (χ0v) is 15.8. The minimum absolute atomic E-state index is 0. The molecule has 0 radical (unpaired) electrons. The summed E-state index contributed by atoms with van der Waals surface area (Å²) in [6.45, 7) is 2.79. The molecule has 5 atom stereocenters. The SMILES string of the molecule is CCC(=O)O[C@H]1C=C[C@H]2[C@H]3Cc4ccc(O)c5c4[C@@]2(CCN3C)[C@H]1O5.Cl. The smallest absolute Gasteiger partial charge is 0.306 e. The maximum absolute atomic E-state index is 11.9. The van der Waals surface area contributed by atoms with Crippen LogP contribution >= 0.6 is 12.4 Å². The minimum Gasteiger partial charge on any atom is -0.504 e. The highest BCUT2D eigenvalue weighted by atomic mass is 35.5. The molecule has 2 aliphatic heterocycles. The molecule has 1 N–H and O–H groups in total. The van der Waals surface area contributed by atoms with Crippen LogP contribution in [0.5, 0.6) is 11.5 Å². The molecule has 5 nitrogen and oxygen atoms in total. The summed E-state index contributed by atoms with van der Waals surface area (Å²) < 4.78 is 12.0. The maximum Gasteiger partial charge on any atom is 0.306 e. The van der Waals surface area contributed by atoms with Gasteiger partial charge in [0.05, 0.1) is 0 Å². The number of likely N-dealkylation sites (tertiary alicyclic amines) is 1. The summed E-state index contributed by atoms with van der Waals surface area (Å²) in [5.41, 5.74) is 2.22. The summed E-state index contributed by atoms with van der Waals surface area (Å²) in [5, 5.41) is 10.4. The molecule has 0 saturated carbocycles. The van der Waals surface area contributed by atoms with Gasteiger partial charge in [0.15, 0.2) is 17.6 Å². The summed E-state index contributed by atoms with van der Waals surface area (Å²) in [7, 11) is 2.19. The van der Waals surface area contributed by atoms with Gasteiger partial charge in [0.25, 0.3) is 0 Å². The Bertz CT molecular complexity index is 794. The quantitative estimate of drug-likeness (QED) is 0.634. The molecule has 1 fully saturated rings. The summed E-state index contributed by atoms with van der Waals surface area (Å²) >= 11 is 0. The number of halogens is 1. The first-order valence-electron chi connectivity index (χ1n) is 9.16. The molecule has 1 saturated heterocycles. The van der Waals surface area contributed by atoms with E-state index in [-0.39, 0.29) is 35.6 Å². The van der Waals surface area contributed by atoms with Crippen LogP contribution in [0.4, 0.5) is 0 Å². The molecule has 2 aliphatic carbocycles. The Morgan fingerprint density at radius 3 is 3.00 bits per heavy atom. The van der Waals surface area contributed by atoms with Crippen molar-refractivity contribution in [3.8, 4) is 11.5 Å². The number of carbonyl (C=O) groups excluding carboxylic acids is 1. The highest BCUT2D eigenvalue weighted by Gasteiger charge is 2.65. The predicted molar refractivity (Wildman–Crippen MR) is 99.0 cm³/mol. The van der Waals surface area contributed by atoms with Crippen molar-refractivity contribution in [3.05, 3.63) is 35.4 Å². The first-order chi connectivity index (χ1) is 12.1. The predicted octanol–water partition coefficient (Wildman–Crippen LogP) is 2.58. The Labute approximate surface area is 159 Å². The number of carbonyl (C=O) groups is 1. The summed E-state index contributed by atoms with van der Waals surface area (Å²) in [6.07, 6.45) is 5.84. The Hall–Kier alpha value is -1.72. The van der Waals surface area contributed by atoms with Crippen molar-refractivity contribution in [1.82, 2.24) is 4.90 Å². The van der Waals surface area contributed by atoms with Crippen LogP contribution in [0.3, 0.4) is 0 Å². The molecule has 4 aliphatic rings. The Morgan fingerprint density at radius 2 is 2.23 bits per heavy atom. The van der Waals surface area contributed by atoms with Crippen LogP contribution in [-0.2, 0) is 21.4 Å². The van der Waals surface area contributed by atoms with E-state index in [1.807, 2.05) is 12.1 Å². The van der Waals surface area contributed by atoms with Gasteiger partial charge in [0.1, 0.15) is 6.10 Å². The van der Waals surface area contributed by atoms with E-state index < -0.39 is 6.10 Å². The second-order valence-electron chi connectivity index (χ2n) is 7.75. The summed E-state index contributed by atoms with van der Waals surface area (Å²) in [4.78, 5) is 14.4. The Morgan fingerprint density at radius 1 is 1.42 bits per heavy atom. The largest absolute Gasteiger partial charge is 0.504 e. The second kappa shape index (κ2) is 5.89. The third-order valence-corrected chi connectivity index (χ3v) is 6.69. The molecule has 2 bridgehead atoms. The highest BCUT2D eigenvalue weighted by molar-refractivity contribution is 5.85. The van der Waals surface area contributed by atoms with E-state index in [1.165, 1.54) is 5.56 Å². The fourth-order valence-corrected chi connectivity index (χ4v) is 5.56. The Kier molecular flexibility index (Phi) is 4.01. The first-order valence-corrected chi connectivity index (χ1v) is 9.16. The van der Waals surface area contributed by atoms with Crippen LogP contribution in [0.1, 0.15) is 30.9 Å². The third kappa shape index (κ3) is 2.04. The van der Waals surface area contributed by atoms with Crippen molar-refractivity contribution in [1.29, 1.82) is 0 Å². The molecule has 2 heterocycles. The molecule has 0 unspecified atom stereocenters. The average molecular weight is 378 g/mol. The molecular weight excluding hydrogens is 354 g/mol. The number of ether oxygens (including phenoxy) is 2. The fourth-order valence-electron chi connectivity index (χ4n) is 5.56. The van der Waals surface area contributed by atoms with E-state index >= 15 is 0 Å². The van der Waals surface area contributed by atoms with Crippen LogP contribution in [0.2, 0.25) is 0 Å². The normalized spacial score (nSPS) is 35.9. The number of rotatable bonds is 2. The molecule has 6 heteroatoms. The van der Waals surface area contributed by atoms with Gasteiger partial charge < -0.3 is 19.5 Å². The van der Waals surface area contributed by atoms with Gasteiger partial charge in [-0.1, -0.05) is 19.1 Å². The van der Waals surface area contributed by atoms with E-state index in [1.54, 1.807) is 13.0 Å². The van der Waals surface area contributed by atoms with Gasteiger partial charge in [-0.2, -0.15) is 0 Å². The van der Waals surface area contributed by atoms with Crippen LogP contribution < -0.4 is 4.74 Å². The minimum atomic E-state index is -0.398. The highest BCUT2D eigenvalue weighted by Crippen LogP contribution is 2.62. The molecule has 0 amide bonds. The van der Waals surface area contributed by atoms with Crippen molar-refractivity contribution < 1.29 is 19.4 Å². The van der Waals surface area contributed by atoms with Crippen LogP contribution in [0, 0.1) is 5.92 Å². The van der Waals surface area contributed by atoms with Crippen LogP contribution in [-0.4, -0.2) is 47.8 Å². The monoisotopic (exact) mass is 377 g/mol. The van der Waals surface area contributed by atoms with Gasteiger partial charge in [-0.25, -0.2) is 0 Å². The lowest BCUT2D eigenvalue weighted by molar-refractivity contribution is -0.154.